The second-order valence-electron chi connectivity index (χ2n) is 18.8. The molecular formula is C52H83N3O18P2. The van der Waals surface area contributed by atoms with Crippen molar-refractivity contribution in [2.75, 3.05) is 25.6 Å². The van der Waals surface area contributed by atoms with Gasteiger partial charge in [0.2, 0.25) is 0 Å². The van der Waals surface area contributed by atoms with Crippen LogP contribution in [-0.4, -0.2) is 114 Å². The van der Waals surface area contributed by atoms with Gasteiger partial charge in [-0.1, -0.05) is 126 Å². The lowest BCUT2D eigenvalue weighted by atomic mass is 9.83. The van der Waals surface area contributed by atoms with E-state index < -0.39 is 120 Å². The lowest BCUT2D eigenvalue weighted by Crippen LogP contribution is -2.51. The van der Waals surface area contributed by atoms with Gasteiger partial charge in [0.1, 0.15) is 36.6 Å². The van der Waals surface area contributed by atoms with Crippen molar-refractivity contribution < 1.29 is 81.3 Å². The summed E-state index contributed by atoms with van der Waals surface area (Å²) in [5, 5.41) is 45.5. The Hall–Kier alpha value is -3.95. The number of ketones is 1. The summed E-state index contributed by atoms with van der Waals surface area (Å²) in [6.07, 6.45) is 20.0. The van der Waals surface area contributed by atoms with E-state index in [2.05, 4.69) is 64.8 Å². The summed E-state index contributed by atoms with van der Waals surface area (Å²) in [6.45, 7) is 1.35. The fourth-order valence-electron chi connectivity index (χ4n) is 8.31. The summed E-state index contributed by atoms with van der Waals surface area (Å²) >= 11 is 0. The number of aromatic nitrogens is 2. The minimum atomic E-state index is -5.72. The van der Waals surface area contributed by atoms with Crippen molar-refractivity contribution in [2.45, 2.75) is 192 Å². The molecule has 8 N–H and O–H groups in total. The number of aliphatic hydroxyl groups excluding tert-OH is 4. The molecule has 23 heteroatoms. The first-order valence-corrected chi connectivity index (χ1v) is 29.4. The highest BCUT2D eigenvalue weighted by Crippen LogP contribution is 2.60. The molecule has 0 amide bonds. The number of unbranched alkanes of at least 4 members (excludes halogenated alkanes) is 6. The quantitative estimate of drug-likeness (QED) is 0.0239. The lowest BCUT2D eigenvalue weighted by Gasteiger charge is -2.38. The van der Waals surface area contributed by atoms with Gasteiger partial charge in [-0.2, -0.15) is 9.29 Å². The van der Waals surface area contributed by atoms with E-state index in [1.807, 2.05) is 6.92 Å². The average molecular weight is 1100 g/mol. The first-order chi connectivity index (χ1) is 35.9. The van der Waals surface area contributed by atoms with Crippen molar-refractivity contribution in [1.82, 2.24) is 9.55 Å². The van der Waals surface area contributed by atoms with E-state index in [4.69, 9.17) is 29.0 Å². The van der Waals surface area contributed by atoms with Gasteiger partial charge in [0.15, 0.2) is 6.10 Å². The summed E-state index contributed by atoms with van der Waals surface area (Å²) in [5.41, 5.74) is 4.75. The summed E-state index contributed by atoms with van der Waals surface area (Å²) in [4.78, 5) is 78.4. The zero-order valence-electron chi connectivity index (χ0n) is 43.5. The molecule has 11 atom stereocenters. The first-order valence-electron chi connectivity index (χ1n) is 26.4. The Labute approximate surface area is 441 Å². The standard InChI is InChI=1S/C52H83N3O18P2/c1-3-5-7-8-9-10-11-12-13-14-15-16-17-18-19-20-25-29-47(59)68-36-40-37-69-74(64,65)73-75(66,67)70-38-45-50(62)49(61)41(32-31-39(56)27-23-6-4-2)43(57)35-44(58)42(28-24-21-22-26-30-48(60)71-40)51(72-45)55-34-33-46(53)54-52(55)63/h5,7,9-10,12-13,15-16,31-34,39-43,45,49-51,56-57,61-62H,3-4,6,8,11,14,17-30,35-38H2,1-2H3,(H,64,65)(H,66,67)(H2,53,54,63)/b7-5-,10-9-,13-12-,16-15-,32-31+/t39-,40+,41-,42-,43+,45+,49-,50+,51+/m0/s1. The number of cyclic esters (lactones) is 1. The van der Waals surface area contributed by atoms with E-state index in [0.717, 1.165) is 68.8 Å². The smallest absolute Gasteiger partial charge is 0.462 e. The third-order valence-corrected chi connectivity index (χ3v) is 15.1. The highest BCUT2D eigenvalue weighted by atomic mass is 31.3. The Balaban J connectivity index is 1.74. The predicted molar refractivity (Wildman–Crippen MR) is 280 cm³/mol. The van der Waals surface area contributed by atoms with E-state index in [-0.39, 0.29) is 31.5 Å². The monoisotopic (exact) mass is 1100 g/mol. The number of nitrogens with zero attached hydrogens (tertiary/aromatic N) is 2. The Bertz CT molecular complexity index is 2170. The van der Waals surface area contributed by atoms with Crippen LogP contribution in [0.5, 0.6) is 0 Å². The normalized spacial score (nSPS) is 29.1. The number of rotatable bonds is 23. The van der Waals surface area contributed by atoms with Crippen molar-refractivity contribution in [1.29, 1.82) is 0 Å². The van der Waals surface area contributed by atoms with Crippen LogP contribution in [0.3, 0.4) is 0 Å². The van der Waals surface area contributed by atoms with Gasteiger partial charge in [-0.25, -0.2) is 13.9 Å². The maximum absolute atomic E-state index is 14.3. The van der Waals surface area contributed by atoms with Crippen LogP contribution in [0.1, 0.15) is 155 Å². The lowest BCUT2D eigenvalue weighted by molar-refractivity contribution is -0.184. The Morgan fingerprint density at radius 1 is 0.853 bits per heavy atom. The van der Waals surface area contributed by atoms with Crippen LogP contribution in [0, 0.1) is 11.8 Å². The Kier molecular flexibility index (Phi) is 31.5. The largest absolute Gasteiger partial charge is 0.481 e. The van der Waals surface area contributed by atoms with Crippen molar-refractivity contribution in [2.24, 2.45) is 11.8 Å². The number of Topliss-reactive ketones (excluding diaryl/α,β-unsaturated/α-hetero) is 1. The molecular weight excluding hydrogens is 1020 g/mol. The van der Waals surface area contributed by atoms with Crippen molar-refractivity contribution in [3.63, 3.8) is 0 Å². The molecule has 2 bridgehead atoms. The molecule has 2 unspecified atom stereocenters. The van der Waals surface area contributed by atoms with E-state index in [0.29, 0.717) is 38.5 Å². The number of aliphatic hydroxyl groups is 4. The van der Waals surface area contributed by atoms with Gasteiger partial charge in [-0.15, -0.1) is 0 Å². The summed E-state index contributed by atoms with van der Waals surface area (Å²) in [5.74, 6) is -4.97. The molecule has 424 valence electrons. The second-order valence-corrected chi connectivity index (χ2v) is 21.8. The molecule has 2 fully saturated rings. The summed E-state index contributed by atoms with van der Waals surface area (Å²) in [7, 11) is -11.3. The molecule has 3 rings (SSSR count). The molecule has 0 aromatic carbocycles. The van der Waals surface area contributed by atoms with Crippen molar-refractivity contribution >= 4 is 39.2 Å². The predicted octanol–water partition coefficient (Wildman–Crippen LogP) is 7.70. The number of phosphoric acid groups is 2. The van der Waals surface area contributed by atoms with Crippen molar-refractivity contribution in [3.8, 4) is 0 Å². The molecule has 75 heavy (non-hydrogen) atoms. The number of allylic oxidation sites excluding steroid dienone is 8. The molecule has 3 heterocycles. The number of anilines is 1. The van der Waals surface area contributed by atoms with E-state index in [1.165, 1.54) is 24.4 Å². The zero-order chi connectivity index (χ0) is 55.1. The minimum absolute atomic E-state index is 0.00747. The molecule has 0 spiro atoms. The molecule has 2 saturated heterocycles. The zero-order valence-corrected chi connectivity index (χ0v) is 45.3. The fourth-order valence-corrected chi connectivity index (χ4v) is 10.4. The van der Waals surface area contributed by atoms with Crippen LogP contribution in [0.2, 0.25) is 0 Å². The number of esters is 2. The van der Waals surface area contributed by atoms with Crippen LogP contribution in [0.25, 0.3) is 0 Å². The number of hydrogen-bond acceptors (Lipinski definition) is 18. The third kappa shape index (κ3) is 26.8. The molecule has 2 aliphatic rings. The Morgan fingerprint density at radius 3 is 2.19 bits per heavy atom. The number of carbonyl (C=O) groups excluding carboxylic acids is 3. The van der Waals surface area contributed by atoms with Gasteiger partial charge < -0.3 is 50.2 Å². The second kappa shape index (κ2) is 36.2. The van der Waals surface area contributed by atoms with E-state index in [1.54, 1.807) is 0 Å². The van der Waals surface area contributed by atoms with Crippen LogP contribution < -0.4 is 11.4 Å². The molecule has 1 aromatic heterocycles. The maximum atomic E-state index is 14.3. The number of nitrogens with two attached hydrogens (primary N) is 1. The van der Waals surface area contributed by atoms with Crippen molar-refractivity contribution in [3.05, 3.63) is 83.5 Å². The molecule has 2 aliphatic heterocycles. The van der Waals surface area contributed by atoms with Gasteiger partial charge in [0.05, 0.1) is 37.4 Å². The number of nitrogen functional groups attached to an aromatic ring is 1. The highest BCUT2D eigenvalue weighted by molar-refractivity contribution is 7.61. The van der Waals surface area contributed by atoms with Gasteiger partial charge in [-0.05, 0) is 70.3 Å². The van der Waals surface area contributed by atoms with Crippen LogP contribution in [-0.2, 0) is 51.1 Å². The maximum Gasteiger partial charge on any atom is 0.481 e. The number of ether oxygens (including phenoxy) is 3. The number of hydrogen-bond donors (Lipinski definition) is 7. The fraction of sp³-hybridized carbons (Fsp3) is 0.673. The minimum Gasteiger partial charge on any atom is -0.462 e. The summed E-state index contributed by atoms with van der Waals surface area (Å²) in [6, 6.07) is 1.23. The molecule has 1 aromatic rings. The van der Waals surface area contributed by atoms with Gasteiger partial charge >= 0.3 is 33.3 Å². The highest BCUT2D eigenvalue weighted by Gasteiger charge is 2.45. The molecule has 0 radical (unpaired) electrons. The third-order valence-electron chi connectivity index (χ3n) is 12.5. The summed E-state index contributed by atoms with van der Waals surface area (Å²) < 4.78 is 58.9. The van der Waals surface area contributed by atoms with E-state index >= 15 is 0 Å². The molecule has 0 saturated carbocycles. The average Bonchev–Trinajstić information content (AvgIpc) is 3.35. The van der Waals surface area contributed by atoms with Crippen LogP contribution in [0.15, 0.2) is 77.8 Å². The number of phosphoric ester groups is 2. The SMILES string of the molecule is CC/C=C\C/C=C\C/C=C\C/C=C\CCCCCCC(=O)OC[C@@H]1COP(=O)(O)OP(=O)(O)OC[C@H]2O[C@@H](n3ccc(N)nc3=O)[C@@H](CCCCCCC(=O)O1)C(=O)C[C@@H](O)[C@H](/C=C/[C@@H](O)CCCCC)[C@H](O)[C@@H]2O. The number of fused-ring (bicyclic) bond motifs is 3. The molecule has 0 aliphatic carbocycles. The van der Waals surface area contributed by atoms with Crippen LogP contribution in [0.4, 0.5) is 5.82 Å². The first kappa shape index (κ1) is 65.3. The van der Waals surface area contributed by atoms with Gasteiger partial charge in [-0.3, -0.25) is 28.0 Å². The van der Waals surface area contributed by atoms with Gasteiger partial charge in [0.25, 0.3) is 0 Å². The molecule has 21 nitrogen and oxygen atoms in total. The Morgan fingerprint density at radius 2 is 1.51 bits per heavy atom. The topological polar surface area (TPSA) is 323 Å². The van der Waals surface area contributed by atoms with Gasteiger partial charge in [0, 0.05) is 31.4 Å². The number of carbonyl (C=O) groups is 3. The van der Waals surface area contributed by atoms with E-state index in [9.17, 15) is 58.5 Å². The van der Waals surface area contributed by atoms with Crippen LogP contribution >= 0.6 is 15.6 Å².